The molecule has 16 heavy (non-hydrogen) atoms. The second-order valence-electron chi connectivity index (χ2n) is 3.40. The van der Waals surface area contributed by atoms with Crippen LogP contribution in [-0.2, 0) is 9.47 Å². The highest BCUT2D eigenvalue weighted by molar-refractivity contribution is 6.76. The van der Waals surface area contributed by atoms with Crippen LogP contribution in [0, 0.1) is 11.3 Å². The Morgan fingerprint density at radius 3 is 2.44 bits per heavy atom. The molecule has 0 unspecified atom stereocenters. The Morgan fingerprint density at radius 2 is 2.06 bits per heavy atom. The molecule has 0 heterocycles. The molecule has 0 aromatic heterocycles. The van der Waals surface area contributed by atoms with Crippen LogP contribution in [0.1, 0.15) is 13.3 Å². The summed E-state index contributed by atoms with van der Waals surface area (Å²) < 4.78 is 8.36. The molecule has 0 aliphatic rings. The average Bonchev–Trinajstić information content (AvgIpc) is 2.20. The highest BCUT2D eigenvalue weighted by atomic mass is 35.6. The molecule has 94 valence electrons. The van der Waals surface area contributed by atoms with Crippen LogP contribution in [0.3, 0.4) is 0 Å². The van der Waals surface area contributed by atoms with Crippen LogP contribution in [0.25, 0.3) is 0 Å². The van der Waals surface area contributed by atoms with E-state index in [0.29, 0.717) is 6.61 Å². The van der Waals surface area contributed by atoms with Crippen molar-refractivity contribution >= 4 is 40.7 Å². The third kappa shape index (κ3) is 5.94. The predicted octanol–water partition coefficient (Wildman–Crippen LogP) is 3.58. The average molecular weight is 289 g/mol. The summed E-state index contributed by atoms with van der Waals surface area (Å²) in [7, 11) is 1.62. The number of hydrogen-bond acceptors (Lipinski definition) is 3. The van der Waals surface area contributed by atoms with Gasteiger partial charge in [-0.05, 0) is 12.3 Å². The maximum atomic E-state index is 7.45. The number of nitrogens with one attached hydrogen (secondary N) is 1. The fourth-order valence-corrected chi connectivity index (χ4v) is 1.20. The second-order valence-corrected chi connectivity index (χ2v) is 5.69. The summed E-state index contributed by atoms with van der Waals surface area (Å²) in [6, 6.07) is 0. The maximum Gasteiger partial charge on any atom is 0.265 e. The lowest BCUT2D eigenvalue weighted by atomic mass is 10.0. The molecule has 0 aromatic carbocycles. The Bertz CT molecular complexity index is 241. The van der Waals surface area contributed by atoms with E-state index in [9.17, 15) is 0 Å². The molecule has 6 heteroatoms. The van der Waals surface area contributed by atoms with Gasteiger partial charge in [-0.3, -0.25) is 5.41 Å². The summed E-state index contributed by atoms with van der Waals surface area (Å²) in [5.41, 5.74) is 0. The van der Waals surface area contributed by atoms with Gasteiger partial charge >= 0.3 is 0 Å². The van der Waals surface area contributed by atoms with Gasteiger partial charge in [-0.1, -0.05) is 54.4 Å². The van der Waals surface area contributed by atoms with Gasteiger partial charge in [0.25, 0.3) is 3.79 Å². The molecule has 0 saturated carbocycles. The fraction of sp³-hybridized carbons (Fsp3) is 0.700. The zero-order valence-corrected chi connectivity index (χ0v) is 11.6. The van der Waals surface area contributed by atoms with Crippen molar-refractivity contribution in [1.29, 1.82) is 5.41 Å². The van der Waals surface area contributed by atoms with Gasteiger partial charge in [0.05, 0.1) is 0 Å². The molecule has 1 N–H and O–H groups in total. The van der Waals surface area contributed by atoms with Crippen molar-refractivity contribution < 1.29 is 9.47 Å². The summed E-state index contributed by atoms with van der Waals surface area (Å²) in [6.45, 7) is 6.20. The minimum atomic E-state index is -1.83. The van der Waals surface area contributed by atoms with Gasteiger partial charge in [-0.25, -0.2) is 0 Å². The second kappa shape index (κ2) is 7.38. The lowest BCUT2D eigenvalue weighted by molar-refractivity contribution is 0.125. The van der Waals surface area contributed by atoms with Gasteiger partial charge < -0.3 is 9.47 Å². The first kappa shape index (κ1) is 16.0. The van der Waals surface area contributed by atoms with Gasteiger partial charge in [-0.2, -0.15) is 0 Å². The lowest BCUT2D eigenvalue weighted by Crippen LogP contribution is -2.30. The topological polar surface area (TPSA) is 42.3 Å². The molecule has 0 amide bonds. The smallest absolute Gasteiger partial charge is 0.265 e. The number of ether oxygens (including phenoxy) is 2. The van der Waals surface area contributed by atoms with E-state index in [1.165, 1.54) is 0 Å². The molecule has 0 saturated heterocycles. The van der Waals surface area contributed by atoms with Crippen molar-refractivity contribution in [1.82, 2.24) is 0 Å². The summed E-state index contributed by atoms with van der Waals surface area (Å²) in [6.07, 6.45) is 2.00. The molecular weight excluding hydrogens is 272 g/mol. The van der Waals surface area contributed by atoms with Crippen LogP contribution in [-0.4, -0.2) is 29.5 Å². The van der Waals surface area contributed by atoms with Crippen molar-refractivity contribution in [2.24, 2.45) is 5.92 Å². The van der Waals surface area contributed by atoms with Gasteiger partial charge in [0.2, 0.25) is 5.90 Å². The maximum absolute atomic E-state index is 7.45. The number of methoxy groups -OCH3 is 1. The Balaban J connectivity index is 4.29. The third-order valence-electron chi connectivity index (χ3n) is 2.08. The monoisotopic (exact) mass is 287 g/mol. The summed E-state index contributed by atoms with van der Waals surface area (Å²) in [5, 5.41) is 7.45. The van der Waals surface area contributed by atoms with E-state index in [2.05, 4.69) is 6.58 Å². The van der Waals surface area contributed by atoms with E-state index in [-0.39, 0.29) is 12.0 Å². The lowest BCUT2D eigenvalue weighted by Gasteiger charge is -2.24. The minimum Gasteiger partial charge on any atom is -0.470 e. The van der Waals surface area contributed by atoms with Crippen molar-refractivity contribution in [2.75, 3.05) is 13.7 Å². The molecule has 0 fully saturated rings. The summed E-state index contributed by atoms with van der Waals surface area (Å²) in [5.74, 6) is -0.267. The van der Waals surface area contributed by atoms with E-state index in [1.807, 2.05) is 6.92 Å². The molecule has 0 rings (SSSR count). The SMILES string of the molecule is C=C[C@@H](OC(=N)C(Cl)(Cl)Cl)[C@H](C)CCOC. The van der Waals surface area contributed by atoms with Crippen molar-refractivity contribution in [3.63, 3.8) is 0 Å². The van der Waals surface area contributed by atoms with Crippen LogP contribution in [0.15, 0.2) is 12.7 Å². The standard InChI is InChI=1S/C10H16Cl3NO2/c1-4-8(7(2)5-6-15-3)16-9(14)10(11,12)13/h4,7-8,14H,1,5-6H2,2-3H3/t7-,8-/m1/s1. The van der Waals surface area contributed by atoms with E-state index in [1.54, 1.807) is 13.2 Å². The first-order valence-corrected chi connectivity index (χ1v) is 5.90. The number of rotatable bonds is 6. The molecule has 0 aliphatic carbocycles. The van der Waals surface area contributed by atoms with Crippen LogP contribution in [0.2, 0.25) is 0 Å². The Kier molecular flexibility index (Phi) is 7.40. The Labute approximate surface area is 111 Å². The molecule has 0 aromatic rings. The number of alkyl halides is 3. The first-order chi connectivity index (χ1) is 7.32. The Morgan fingerprint density at radius 1 is 1.50 bits per heavy atom. The molecule has 0 radical (unpaired) electrons. The molecule has 0 spiro atoms. The summed E-state index contributed by atoms with van der Waals surface area (Å²) >= 11 is 16.5. The van der Waals surface area contributed by atoms with E-state index >= 15 is 0 Å². The van der Waals surface area contributed by atoms with Gasteiger partial charge in [0.1, 0.15) is 6.10 Å². The van der Waals surface area contributed by atoms with E-state index in [0.717, 1.165) is 6.42 Å². The van der Waals surface area contributed by atoms with Crippen molar-refractivity contribution in [2.45, 2.75) is 23.2 Å². The Hall–Kier alpha value is 0.0400. The highest BCUT2D eigenvalue weighted by Crippen LogP contribution is 2.29. The van der Waals surface area contributed by atoms with E-state index in [4.69, 9.17) is 49.7 Å². The van der Waals surface area contributed by atoms with Crippen molar-refractivity contribution in [3.8, 4) is 0 Å². The van der Waals surface area contributed by atoms with Gasteiger partial charge in [0, 0.05) is 13.7 Å². The van der Waals surface area contributed by atoms with Gasteiger partial charge in [0.15, 0.2) is 0 Å². The highest BCUT2D eigenvalue weighted by Gasteiger charge is 2.31. The summed E-state index contributed by atoms with van der Waals surface area (Å²) in [4.78, 5) is 0. The normalized spacial score (nSPS) is 15.3. The van der Waals surface area contributed by atoms with Crippen LogP contribution >= 0.6 is 34.8 Å². The number of hydrogen-bond donors (Lipinski definition) is 1. The predicted molar refractivity (Wildman–Crippen MR) is 68.7 cm³/mol. The zero-order valence-electron chi connectivity index (χ0n) is 9.30. The first-order valence-electron chi connectivity index (χ1n) is 4.76. The van der Waals surface area contributed by atoms with Crippen LogP contribution in [0.4, 0.5) is 0 Å². The molecular formula is C10H16Cl3NO2. The number of halogens is 3. The molecule has 0 aliphatic heterocycles. The molecule has 0 bridgehead atoms. The quantitative estimate of drug-likeness (QED) is 0.351. The fourth-order valence-electron chi connectivity index (χ4n) is 1.07. The third-order valence-corrected chi connectivity index (χ3v) is 2.60. The minimum absolute atomic E-state index is 0.130. The van der Waals surface area contributed by atoms with E-state index < -0.39 is 9.69 Å². The van der Waals surface area contributed by atoms with Gasteiger partial charge in [-0.15, -0.1) is 0 Å². The largest absolute Gasteiger partial charge is 0.470 e. The van der Waals surface area contributed by atoms with Crippen LogP contribution < -0.4 is 0 Å². The van der Waals surface area contributed by atoms with Crippen LogP contribution in [0.5, 0.6) is 0 Å². The zero-order chi connectivity index (χ0) is 12.8. The van der Waals surface area contributed by atoms with Crippen molar-refractivity contribution in [3.05, 3.63) is 12.7 Å². The molecule has 3 nitrogen and oxygen atoms in total. The molecule has 2 atom stereocenters.